The van der Waals surface area contributed by atoms with Crippen LogP contribution in [0, 0.1) is 0 Å². The molecule has 3 nitrogen and oxygen atoms in total. The van der Waals surface area contributed by atoms with Crippen LogP contribution in [0.3, 0.4) is 0 Å². The van der Waals surface area contributed by atoms with Crippen LogP contribution in [0.2, 0.25) is 25.7 Å². The van der Waals surface area contributed by atoms with Gasteiger partial charge in [0.05, 0.1) is 6.61 Å². The Morgan fingerprint density at radius 3 is 2.62 bits per heavy atom. The van der Waals surface area contributed by atoms with Crippen molar-refractivity contribution in [3.05, 3.63) is 12.7 Å². The predicted octanol–water partition coefficient (Wildman–Crippen LogP) is 3.41. The standard InChI is InChI=1S/C12H25NO2Si/c1-5-6-7-8-9-13-12(14)15-10-11-16(2,3)4/h5H,1,6-11H2,2-4H3,(H,13,14). The van der Waals surface area contributed by atoms with Gasteiger partial charge in [-0.1, -0.05) is 25.7 Å². The van der Waals surface area contributed by atoms with Crippen LogP contribution in [0.4, 0.5) is 4.79 Å². The summed E-state index contributed by atoms with van der Waals surface area (Å²) in [5.74, 6) is 0. The second-order valence-corrected chi connectivity index (χ2v) is 10.8. The Morgan fingerprint density at radius 2 is 2.06 bits per heavy atom. The van der Waals surface area contributed by atoms with Gasteiger partial charge in [-0.15, -0.1) is 6.58 Å². The molecular weight excluding hydrogens is 218 g/mol. The van der Waals surface area contributed by atoms with Gasteiger partial charge >= 0.3 is 6.09 Å². The molecular formula is C12H25NO2Si. The van der Waals surface area contributed by atoms with Gasteiger partial charge in [0, 0.05) is 14.6 Å². The Morgan fingerprint density at radius 1 is 1.38 bits per heavy atom. The number of hydrogen-bond donors (Lipinski definition) is 1. The number of nitrogens with one attached hydrogen (secondary N) is 1. The fourth-order valence-electron chi connectivity index (χ4n) is 1.11. The summed E-state index contributed by atoms with van der Waals surface area (Å²) in [6.45, 7) is 11.7. The van der Waals surface area contributed by atoms with Crippen molar-refractivity contribution in [1.29, 1.82) is 0 Å². The molecule has 0 unspecified atom stereocenters. The Balaban J connectivity index is 3.35. The molecule has 0 fully saturated rings. The van der Waals surface area contributed by atoms with Crippen LogP contribution in [0.15, 0.2) is 12.7 Å². The number of amides is 1. The van der Waals surface area contributed by atoms with Gasteiger partial charge < -0.3 is 10.1 Å². The molecule has 94 valence electrons. The first-order valence-corrected chi connectivity index (χ1v) is 9.68. The van der Waals surface area contributed by atoms with Crippen LogP contribution in [0.25, 0.3) is 0 Å². The smallest absolute Gasteiger partial charge is 0.407 e. The fourth-order valence-corrected chi connectivity index (χ4v) is 1.82. The van der Waals surface area contributed by atoms with Gasteiger partial charge in [0.15, 0.2) is 0 Å². The summed E-state index contributed by atoms with van der Waals surface area (Å²) in [5.41, 5.74) is 0. The van der Waals surface area contributed by atoms with Crippen molar-refractivity contribution in [2.24, 2.45) is 0 Å². The summed E-state index contributed by atoms with van der Waals surface area (Å²) >= 11 is 0. The third kappa shape index (κ3) is 11.3. The van der Waals surface area contributed by atoms with Gasteiger partial charge in [-0.05, 0) is 25.3 Å². The minimum absolute atomic E-state index is 0.281. The highest BCUT2D eigenvalue weighted by Gasteiger charge is 2.13. The third-order valence-electron chi connectivity index (χ3n) is 2.19. The van der Waals surface area contributed by atoms with E-state index in [1.807, 2.05) is 6.08 Å². The zero-order valence-electron chi connectivity index (χ0n) is 10.8. The number of ether oxygens (including phenoxy) is 1. The van der Waals surface area contributed by atoms with E-state index in [2.05, 4.69) is 31.5 Å². The number of carbonyl (C=O) groups is 1. The fraction of sp³-hybridized carbons (Fsp3) is 0.750. The van der Waals surface area contributed by atoms with E-state index in [0.717, 1.165) is 25.3 Å². The highest BCUT2D eigenvalue weighted by molar-refractivity contribution is 6.76. The van der Waals surface area contributed by atoms with Crippen molar-refractivity contribution in [1.82, 2.24) is 5.32 Å². The zero-order chi connectivity index (χ0) is 12.4. The van der Waals surface area contributed by atoms with Crippen molar-refractivity contribution >= 4 is 14.2 Å². The SMILES string of the molecule is C=CCCCCNC(=O)OCC[Si](C)(C)C. The molecule has 0 bridgehead atoms. The Hall–Kier alpha value is -0.773. The van der Waals surface area contributed by atoms with E-state index >= 15 is 0 Å². The molecule has 0 aromatic rings. The minimum Gasteiger partial charge on any atom is -0.450 e. The molecule has 0 spiro atoms. The molecule has 0 atom stereocenters. The Bertz CT molecular complexity index is 212. The van der Waals surface area contributed by atoms with Gasteiger partial charge in [0.1, 0.15) is 0 Å². The normalized spacial score (nSPS) is 10.9. The summed E-state index contributed by atoms with van der Waals surface area (Å²) in [5, 5.41) is 2.75. The van der Waals surface area contributed by atoms with Crippen LogP contribution in [0.1, 0.15) is 19.3 Å². The molecule has 4 heteroatoms. The monoisotopic (exact) mass is 243 g/mol. The van der Waals surface area contributed by atoms with Gasteiger partial charge in [-0.2, -0.15) is 0 Å². The van der Waals surface area contributed by atoms with E-state index in [4.69, 9.17) is 4.74 Å². The Labute approximate surface area is 100 Å². The van der Waals surface area contributed by atoms with E-state index in [1.54, 1.807) is 0 Å². The molecule has 0 saturated carbocycles. The lowest BCUT2D eigenvalue weighted by Gasteiger charge is -2.15. The molecule has 0 aliphatic heterocycles. The van der Waals surface area contributed by atoms with Crippen molar-refractivity contribution in [2.75, 3.05) is 13.2 Å². The van der Waals surface area contributed by atoms with E-state index in [0.29, 0.717) is 13.2 Å². The minimum atomic E-state index is -1.09. The van der Waals surface area contributed by atoms with E-state index < -0.39 is 8.07 Å². The first-order chi connectivity index (χ1) is 7.45. The van der Waals surface area contributed by atoms with Gasteiger partial charge in [0.25, 0.3) is 0 Å². The molecule has 1 N–H and O–H groups in total. The van der Waals surface area contributed by atoms with Gasteiger partial charge in [0.2, 0.25) is 0 Å². The molecule has 0 aromatic heterocycles. The highest BCUT2D eigenvalue weighted by Crippen LogP contribution is 2.07. The largest absolute Gasteiger partial charge is 0.450 e. The first kappa shape index (κ1) is 15.2. The van der Waals surface area contributed by atoms with Crippen molar-refractivity contribution in [3.63, 3.8) is 0 Å². The molecule has 0 heterocycles. The second kappa shape index (κ2) is 8.39. The van der Waals surface area contributed by atoms with Gasteiger partial charge in [-0.25, -0.2) is 4.79 Å². The van der Waals surface area contributed by atoms with Crippen LogP contribution < -0.4 is 5.32 Å². The second-order valence-electron chi connectivity index (χ2n) is 5.16. The average Bonchev–Trinajstić information content (AvgIpc) is 2.15. The lowest BCUT2D eigenvalue weighted by Crippen LogP contribution is -2.28. The van der Waals surface area contributed by atoms with Gasteiger partial charge in [-0.3, -0.25) is 0 Å². The lowest BCUT2D eigenvalue weighted by atomic mass is 10.2. The predicted molar refractivity (Wildman–Crippen MR) is 71.6 cm³/mol. The van der Waals surface area contributed by atoms with Crippen LogP contribution in [-0.4, -0.2) is 27.3 Å². The molecule has 0 aliphatic rings. The topological polar surface area (TPSA) is 38.3 Å². The van der Waals surface area contributed by atoms with E-state index in [9.17, 15) is 4.79 Å². The average molecular weight is 243 g/mol. The molecule has 0 aliphatic carbocycles. The summed E-state index contributed by atoms with van der Waals surface area (Å²) in [4.78, 5) is 11.2. The first-order valence-electron chi connectivity index (χ1n) is 5.97. The number of unbranched alkanes of at least 4 members (excludes halogenated alkanes) is 2. The maximum absolute atomic E-state index is 11.2. The van der Waals surface area contributed by atoms with Crippen LogP contribution in [-0.2, 0) is 4.74 Å². The number of hydrogen-bond acceptors (Lipinski definition) is 2. The lowest BCUT2D eigenvalue weighted by molar-refractivity contribution is 0.151. The van der Waals surface area contributed by atoms with Crippen LogP contribution in [0.5, 0.6) is 0 Å². The Kier molecular flexibility index (Phi) is 7.98. The molecule has 16 heavy (non-hydrogen) atoms. The molecule has 1 amide bonds. The van der Waals surface area contributed by atoms with Crippen molar-refractivity contribution in [3.8, 4) is 0 Å². The summed E-state index contributed by atoms with van der Waals surface area (Å²) in [6.07, 6.45) is 4.67. The maximum Gasteiger partial charge on any atom is 0.407 e. The number of rotatable bonds is 8. The quantitative estimate of drug-likeness (QED) is 0.403. The van der Waals surface area contributed by atoms with Crippen molar-refractivity contribution < 1.29 is 9.53 Å². The molecule has 0 aromatic carbocycles. The van der Waals surface area contributed by atoms with Crippen LogP contribution >= 0.6 is 0 Å². The number of carbonyl (C=O) groups excluding carboxylic acids is 1. The van der Waals surface area contributed by atoms with E-state index in [-0.39, 0.29) is 6.09 Å². The molecule has 0 radical (unpaired) electrons. The maximum atomic E-state index is 11.2. The van der Waals surface area contributed by atoms with Crippen molar-refractivity contribution in [2.45, 2.75) is 44.9 Å². The number of alkyl carbamates (subject to hydrolysis) is 1. The summed E-state index contributed by atoms with van der Waals surface area (Å²) in [6, 6.07) is 1.02. The van der Waals surface area contributed by atoms with E-state index in [1.165, 1.54) is 0 Å². The molecule has 0 rings (SSSR count). The highest BCUT2D eigenvalue weighted by atomic mass is 28.3. The number of allylic oxidation sites excluding steroid dienone is 1. The molecule has 0 saturated heterocycles. The zero-order valence-corrected chi connectivity index (χ0v) is 11.8. The summed E-state index contributed by atoms with van der Waals surface area (Å²) < 4.78 is 5.09. The summed E-state index contributed by atoms with van der Waals surface area (Å²) in [7, 11) is -1.09. The third-order valence-corrected chi connectivity index (χ3v) is 3.89.